The van der Waals surface area contributed by atoms with Crippen LogP contribution >= 0.6 is 15.9 Å². The van der Waals surface area contributed by atoms with Crippen molar-refractivity contribution in [3.05, 3.63) is 59.0 Å². The van der Waals surface area contributed by atoms with Gasteiger partial charge in [-0.3, -0.25) is 0 Å². The second-order valence-corrected chi connectivity index (χ2v) is 5.12. The summed E-state index contributed by atoms with van der Waals surface area (Å²) in [6.07, 6.45) is 1.12. The Morgan fingerprint density at radius 3 is 2.43 bits per heavy atom. The minimum Gasteiger partial charge on any atom is -0.383 e. The third-order valence-corrected chi connectivity index (χ3v) is 3.66. The predicted molar refractivity (Wildman–Crippen MR) is 82.8 cm³/mol. The quantitative estimate of drug-likeness (QED) is 0.769. The van der Waals surface area contributed by atoms with E-state index in [2.05, 4.69) is 30.9 Å². The maximum absolute atomic E-state index is 13.0. The summed E-state index contributed by atoms with van der Waals surface area (Å²) in [7, 11) is 0. The third kappa shape index (κ3) is 2.75. The van der Waals surface area contributed by atoms with Crippen LogP contribution in [0, 0.1) is 5.82 Å². The zero-order valence-corrected chi connectivity index (χ0v) is 12.4. The molecule has 104 valence electrons. The Morgan fingerprint density at radius 1 is 1.00 bits per heavy atom. The average Bonchev–Trinajstić information content (AvgIpc) is 2.51. The molecule has 0 saturated heterocycles. The molecule has 1 aromatic carbocycles. The van der Waals surface area contributed by atoms with Gasteiger partial charge in [-0.25, -0.2) is 19.3 Å². The second kappa shape index (κ2) is 5.57. The number of nitrogen functional groups attached to an aromatic ring is 1. The summed E-state index contributed by atoms with van der Waals surface area (Å²) in [5.74, 6) is 0.256. The van der Waals surface area contributed by atoms with Gasteiger partial charge < -0.3 is 5.73 Å². The number of rotatable bonds is 2. The van der Waals surface area contributed by atoms with Gasteiger partial charge in [-0.1, -0.05) is 30.3 Å². The molecular weight excluding hydrogens is 335 g/mol. The number of halogens is 2. The van der Waals surface area contributed by atoms with Gasteiger partial charge in [0, 0.05) is 5.56 Å². The van der Waals surface area contributed by atoms with E-state index in [1.165, 1.54) is 12.1 Å². The molecular formula is C15H10BrFN4. The van der Waals surface area contributed by atoms with Gasteiger partial charge in [0.25, 0.3) is 0 Å². The van der Waals surface area contributed by atoms with Crippen molar-refractivity contribution >= 4 is 21.7 Å². The molecule has 0 aliphatic heterocycles. The zero-order valence-electron chi connectivity index (χ0n) is 10.8. The van der Waals surface area contributed by atoms with E-state index < -0.39 is 5.82 Å². The van der Waals surface area contributed by atoms with Crippen LogP contribution in [0.15, 0.2) is 53.1 Å². The number of nitrogens with two attached hydrogens (primary N) is 1. The van der Waals surface area contributed by atoms with Crippen LogP contribution < -0.4 is 5.73 Å². The Labute approximate surface area is 129 Å². The molecule has 3 aromatic rings. The molecule has 0 unspecified atom stereocenters. The number of benzene rings is 1. The lowest BCUT2D eigenvalue weighted by Gasteiger charge is -2.08. The van der Waals surface area contributed by atoms with E-state index in [4.69, 9.17) is 5.73 Å². The van der Waals surface area contributed by atoms with Crippen molar-refractivity contribution in [3.8, 4) is 22.8 Å². The minimum atomic E-state index is -0.410. The van der Waals surface area contributed by atoms with Gasteiger partial charge in [-0.05, 0) is 28.1 Å². The molecule has 0 atom stereocenters. The van der Waals surface area contributed by atoms with E-state index in [0.29, 0.717) is 27.5 Å². The van der Waals surface area contributed by atoms with Crippen molar-refractivity contribution in [1.29, 1.82) is 0 Å². The summed E-state index contributed by atoms with van der Waals surface area (Å²) in [4.78, 5) is 12.7. The molecule has 3 rings (SSSR count). The standard InChI is InChI=1S/C15H10BrFN4/c16-12-13(9-4-2-1-3-5-9)20-15(21-14(12)18)11-7-6-10(17)8-19-11/h1-8H,(H2,18,20,21). The molecule has 6 heteroatoms. The molecule has 0 fully saturated rings. The Morgan fingerprint density at radius 2 is 1.76 bits per heavy atom. The molecule has 0 spiro atoms. The molecule has 0 saturated carbocycles. The summed E-state index contributed by atoms with van der Waals surface area (Å²) in [5, 5.41) is 0. The lowest BCUT2D eigenvalue weighted by atomic mass is 10.1. The molecule has 4 nitrogen and oxygen atoms in total. The first-order valence-electron chi connectivity index (χ1n) is 6.15. The Bertz CT molecular complexity index is 776. The SMILES string of the molecule is Nc1nc(-c2ccc(F)cn2)nc(-c2ccccc2)c1Br. The topological polar surface area (TPSA) is 64.7 Å². The van der Waals surface area contributed by atoms with Crippen LogP contribution in [-0.2, 0) is 0 Å². The van der Waals surface area contributed by atoms with Crippen LogP contribution in [-0.4, -0.2) is 15.0 Å². The number of pyridine rings is 1. The number of hydrogen-bond acceptors (Lipinski definition) is 4. The second-order valence-electron chi connectivity index (χ2n) is 4.32. The normalized spacial score (nSPS) is 10.6. The summed E-state index contributed by atoms with van der Waals surface area (Å²) < 4.78 is 13.6. The lowest BCUT2D eigenvalue weighted by molar-refractivity contribution is 0.621. The van der Waals surface area contributed by atoms with Gasteiger partial charge in [0.1, 0.15) is 17.3 Å². The van der Waals surface area contributed by atoms with Gasteiger partial charge >= 0.3 is 0 Å². The molecule has 0 bridgehead atoms. The third-order valence-electron chi connectivity index (χ3n) is 2.88. The van der Waals surface area contributed by atoms with Crippen molar-refractivity contribution in [2.24, 2.45) is 0 Å². The fourth-order valence-electron chi connectivity index (χ4n) is 1.87. The fourth-order valence-corrected chi connectivity index (χ4v) is 2.28. The predicted octanol–water partition coefficient (Wildman–Crippen LogP) is 3.69. The van der Waals surface area contributed by atoms with Crippen LogP contribution in [0.25, 0.3) is 22.8 Å². The molecule has 0 aliphatic carbocycles. The fraction of sp³-hybridized carbons (Fsp3) is 0. The maximum atomic E-state index is 13.0. The monoisotopic (exact) mass is 344 g/mol. The first kappa shape index (κ1) is 13.6. The Hall–Kier alpha value is -2.34. The van der Waals surface area contributed by atoms with Crippen LogP contribution in [0.4, 0.5) is 10.2 Å². The van der Waals surface area contributed by atoms with Crippen molar-refractivity contribution in [1.82, 2.24) is 15.0 Å². The van der Waals surface area contributed by atoms with Gasteiger partial charge in [-0.2, -0.15) is 0 Å². The highest BCUT2D eigenvalue weighted by molar-refractivity contribution is 9.10. The number of aromatic nitrogens is 3. The highest BCUT2D eigenvalue weighted by Gasteiger charge is 2.13. The van der Waals surface area contributed by atoms with Crippen molar-refractivity contribution in [2.75, 3.05) is 5.73 Å². The van der Waals surface area contributed by atoms with E-state index in [1.807, 2.05) is 30.3 Å². The average molecular weight is 345 g/mol. The van der Waals surface area contributed by atoms with Crippen LogP contribution in [0.2, 0.25) is 0 Å². The molecule has 2 N–H and O–H groups in total. The van der Waals surface area contributed by atoms with Crippen LogP contribution in [0.5, 0.6) is 0 Å². The van der Waals surface area contributed by atoms with Gasteiger partial charge in [0.05, 0.1) is 16.4 Å². The number of anilines is 1. The summed E-state index contributed by atoms with van der Waals surface area (Å²) in [6.45, 7) is 0. The summed E-state index contributed by atoms with van der Waals surface area (Å²) in [6, 6.07) is 12.4. The zero-order chi connectivity index (χ0) is 14.8. The highest BCUT2D eigenvalue weighted by atomic mass is 79.9. The molecule has 0 aliphatic rings. The first-order chi connectivity index (χ1) is 10.1. The van der Waals surface area contributed by atoms with Gasteiger partial charge in [0.15, 0.2) is 5.82 Å². The minimum absolute atomic E-state index is 0.310. The van der Waals surface area contributed by atoms with E-state index in [1.54, 1.807) is 0 Å². The molecule has 2 aromatic heterocycles. The van der Waals surface area contributed by atoms with Crippen LogP contribution in [0.1, 0.15) is 0 Å². The summed E-state index contributed by atoms with van der Waals surface area (Å²) in [5.41, 5.74) is 7.97. The van der Waals surface area contributed by atoms with Crippen LogP contribution in [0.3, 0.4) is 0 Å². The number of nitrogens with zero attached hydrogens (tertiary/aromatic N) is 3. The Balaban J connectivity index is 2.16. The summed E-state index contributed by atoms with van der Waals surface area (Å²) >= 11 is 3.40. The van der Waals surface area contributed by atoms with Crippen molar-refractivity contribution in [3.63, 3.8) is 0 Å². The lowest BCUT2D eigenvalue weighted by Crippen LogP contribution is -2.01. The molecule has 0 amide bonds. The van der Waals surface area contributed by atoms with Crippen molar-refractivity contribution in [2.45, 2.75) is 0 Å². The van der Waals surface area contributed by atoms with Gasteiger partial charge in [-0.15, -0.1) is 0 Å². The van der Waals surface area contributed by atoms with E-state index in [0.717, 1.165) is 11.8 Å². The smallest absolute Gasteiger partial charge is 0.180 e. The highest BCUT2D eigenvalue weighted by Crippen LogP contribution is 2.31. The maximum Gasteiger partial charge on any atom is 0.180 e. The van der Waals surface area contributed by atoms with Crippen molar-refractivity contribution < 1.29 is 4.39 Å². The Kier molecular flexibility index (Phi) is 3.62. The molecule has 0 radical (unpaired) electrons. The number of hydrogen-bond donors (Lipinski definition) is 1. The largest absolute Gasteiger partial charge is 0.383 e. The van der Waals surface area contributed by atoms with E-state index in [9.17, 15) is 4.39 Å². The molecule has 21 heavy (non-hydrogen) atoms. The van der Waals surface area contributed by atoms with E-state index in [-0.39, 0.29) is 0 Å². The first-order valence-corrected chi connectivity index (χ1v) is 6.95. The van der Waals surface area contributed by atoms with Gasteiger partial charge in [0.2, 0.25) is 0 Å². The molecule has 2 heterocycles. The van der Waals surface area contributed by atoms with E-state index >= 15 is 0 Å².